The molecule has 0 radical (unpaired) electrons. The molecule has 1 aliphatic heterocycles. The van der Waals surface area contributed by atoms with Gasteiger partial charge in [0.25, 0.3) is 0 Å². The quantitative estimate of drug-likeness (QED) is 0.733. The predicted octanol–water partition coefficient (Wildman–Crippen LogP) is 2.30. The molecule has 0 saturated carbocycles. The molecule has 0 spiro atoms. The number of esters is 1. The first-order valence-electron chi connectivity index (χ1n) is 7.05. The smallest absolute Gasteiger partial charge is 0.342 e. The fourth-order valence-electron chi connectivity index (χ4n) is 3.24. The van der Waals surface area contributed by atoms with Gasteiger partial charge in [-0.3, -0.25) is 4.79 Å². The first kappa shape index (κ1) is 12.2. The van der Waals surface area contributed by atoms with Gasteiger partial charge in [-0.25, -0.2) is 4.79 Å². The van der Waals surface area contributed by atoms with Crippen molar-refractivity contribution in [3.8, 4) is 11.3 Å². The number of rotatable bonds is 2. The Bertz CT molecular complexity index is 789. The van der Waals surface area contributed by atoms with E-state index in [4.69, 9.17) is 4.74 Å². The van der Waals surface area contributed by atoms with Crippen molar-refractivity contribution in [2.24, 2.45) is 0 Å². The number of nitrogens with one attached hydrogen (secondary N) is 1. The van der Waals surface area contributed by atoms with Crippen LogP contribution >= 0.6 is 0 Å². The van der Waals surface area contributed by atoms with E-state index < -0.39 is 5.97 Å². The number of anilines is 1. The third-order valence-electron chi connectivity index (χ3n) is 4.02. The van der Waals surface area contributed by atoms with Crippen LogP contribution in [0.1, 0.15) is 33.2 Å². The highest BCUT2D eigenvalue weighted by Gasteiger charge is 2.40. The minimum absolute atomic E-state index is 0.0904. The zero-order valence-electron chi connectivity index (χ0n) is 11.6. The fraction of sp³-hybridized carbons (Fsp3) is 0.250. The zero-order valence-corrected chi connectivity index (χ0v) is 11.6. The second kappa shape index (κ2) is 4.22. The van der Waals surface area contributed by atoms with Crippen LogP contribution in [0.2, 0.25) is 0 Å². The van der Waals surface area contributed by atoms with Crippen molar-refractivity contribution in [3.63, 3.8) is 0 Å². The van der Waals surface area contributed by atoms with E-state index >= 15 is 0 Å². The van der Waals surface area contributed by atoms with E-state index in [1.165, 1.54) is 0 Å². The van der Waals surface area contributed by atoms with Crippen molar-refractivity contribution in [3.05, 3.63) is 41.0 Å². The Morgan fingerprint density at radius 1 is 1.33 bits per heavy atom. The lowest BCUT2D eigenvalue weighted by molar-refractivity contribution is 0.0525. The topological polar surface area (TPSA) is 60.3 Å². The van der Waals surface area contributed by atoms with Crippen LogP contribution in [0.25, 0.3) is 11.3 Å². The molecule has 21 heavy (non-hydrogen) atoms. The average Bonchev–Trinajstić information content (AvgIpc) is 3.12. The lowest BCUT2D eigenvalue weighted by Gasteiger charge is -2.05. The summed E-state index contributed by atoms with van der Waals surface area (Å²) < 4.78 is 7.16. The van der Waals surface area contributed by atoms with Crippen molar-refractivity contribution in [1.29, 1.82) is 0 Å². The molecule has 106 valence electrons. The highest BCUT2D eigenvalue weighted by atomic mass is 16.5. The molecule has 5 nitrogen and oxygen atoms in total. The van der Waals surface area contributed by atoms with Crippen molar-refractivity contribution in [1.82, 2.24) is 4.57 Å². The Balaban J connectivity index is 2.02. The summed E-state index contributed by atoms with van der Waals surface area (Å²) in [6.07, 6.45) is 0. The molecule has 2 heterocycles. The van der Waals surface area contributed by atoms with Gasteiger partial charge >= 0.3 is 5.97 Å². The number of nitrogens with zero attached hydrogens (tertiary/aromatic N) is 1. The summed E-state index contributed by atoms with van der Waals surface area (Å²) in [6.45, 7) is 3.56. The van der Waals surface area contributed by atoms with Crippen LogP contribution in [0.4, 0.5) is 5.82 Å². The maximum Gasteiger partial charge on any atom is 0.342 e. The lowest BCUT2D eigenvalue weighted by Crippen LogP contribution is -2.11. The first-order valence-corrected chi connectivity index (χ1v) is 7.05. The lowest BCUT2D eigenvalue weighted by atomic mass is 10.1. The summed E-state index contributed by atoms with van der Waals surface area (Å²) >= 11 is 0. The number of benzene rings is 1. The Kier molecular flexibility index (Phi) is 2.45. The Morgan fingerprint density at radius 2 is 2.10 bits per heavy atom. The molecule has 5 heteroatoms. The Labute approximate surface area is 121 Å². The molecule has 4 rings (SSSR count). The van der Waals surface area contributed by atoms with Crippen LogP contribution in [-0.4, -0.2) is 29.5 Å². The number of aromatic nitrogens is 1. The monoisotopic (exact) mass is 282 g/mol. The first-order chi connectivity index (χ1) is 10.2. The second-order valence-electron chi connectivity index (χ2n) is 5.12. The average molecular weight is 282 g/mol. The van der Waals surface area contributed by atoms with Gasteiger partial charge in [0.1, 0.15) is 11.4 Å². The minimum atomic E-state index is -0.432. The van der Waals surface area contributed by atoms with Crippen molar-refractivity contribution in [2.45, 2.75) is 13.5 Å². The summed E-state index contributed by atoms with van der Waals surface area (Å²) in [7, 11) is 0. The summed E-state index contributed by atoms with van der Waals surface area (Å²) in [5, 5.41) is 3.20. The van der Waals surface area contributed by atoms with Gasteiger partial charge in [0.2, 0.25) is 0 Å². The third-order valence-corrected chi connectivity index (χ3v) is 4.02. The zero-order chi connectivity index (χ0) is 14.6. The second-order valence-corrected chi connectivity index (χ2v) is 5.12. The fourth-order valence-corrected chi connectivity index (χ4v) is 3.24. The number of ketones is 1. The molecule has 1 N–H and O–H groups in total. The standard InChI is InChI=1S/C16H14N2O3/c1-2-21-16(20)12-11-13(18-8-7-17-15(12)18)9-5-3-4-6-10(9)14(11)19/h3-6,17H,2,7-8H2,1H3. The minimum Gasteiger partial charge on any atom is -0.462 e. The number of ether oxygens (including phenoxy) is 1. The van der Waals surface area contributed by atoms with Gasteiger partial charge in [-0.2, -0.15) is 0 Å². The van der Waals surface area contributed by atoms with Gasteiger partial charge < -0.3 is 14.6 Å². The SMILES string of the molecule is CCOC(=O)c1c2c(n3c1NCC3)-c1ccccc1C2=O. The van der Waals surface area contributed by atoms with Gasteiger partial charge in [-0.1, -0.05) is 24.3 Å². The van der Waals surface area contributed by atoms with Crippen molar-refractivity contribution in [2.75, 3.05) is 18.5 Å². The van der Waals surface area contributed by atoms with Gasteiger partial charge in [-0.05, 0) is 6.92 Å². The molecule has 0 bridgehead atoms. The van der Waals surface area contributed by atoms with E-state index in [2.05, 4.69) is 5.32 Å². The maximum absolute atomic E-state index is 12.7. The molecule has 0 unspecified atom stereocenters. The van der Waals surface area contributed by atoms with Crippen LogP contribution in [0.3, 0.4) is 0 Å². The van der Waals surface area contributed by atoms with E-state index in [-0.39, 0.29) is 5.78 Å². The summed E-state index contributed by atoms with van der Waals surface area (Å²) in [5.74, 6) is 0.187. The van der Waals surface area contributed by atoms with Crippen LogP contribution in [0, 0.1) is 0 Å². The van der Waals surface area contributed by atoms with Crippen LogP contribution in [0.5, 0.6) is 0 Å². The van der Waals surface area contributed by atoms with Gasteiger partial charge in [0, 0.05) is 24.2 Å². The molecular weight excluding hydrogens is 268 g/mol. The summed E-state index contributed by atoms with van der Waals surface area (Å²) in [6, 6.07) is 7.49. The molecular formula is C16H14N2O3. The largest absolute Gasteiger partial charge is 0.462 e. The molecule has 1 aromatic heterocycles. The molecule has 1 aromatic carbocycles. The molecule has 1 aliphatic carbocycles. The van der Waals surface area contributed by atoms with Gasteiger partial charge in [-0.15, -0.1) is 0 Å². The van der Waals surface area contributed by atoms with Gasteiger partial charge in [0.15, 0.2) is 5.78 Å². The van der Waals surface area contributed by atoms with E-state index in [1.807, 2.05) is 28.8 Å². The summed E-state index contributed by atoms with van der Waals surface area (Å²) in [4.78, 5) is 25.0. The number of fused-ring (bicyclic) bond motifs is 5. The predicted molar refractivity (Wildman–Crippen MR) is 77.7 cm³/mol. The van der Waals surface area contributed by atoms with E-state index in [1.54, 1.807) is 6.92 Å². The third kappa shape index (κ3) is 1.46. The highest BCUT2D eigenvalue weighted by molar-refractivity contribution is 6.26. The maximum atomic E-state index is 12.7. The van der Waals surface area contributed by atoms with Crippen molar-refractivity contribution < 1.29 is 14.3 Å². The number of hydrogen-bond acceptors (Lipinski definition) is 4. The number of carbonyl (C=O) groups excluding carboxylic acids is 2. The Hall–Kier alpha value is -2.56. The van der Waals surface area contributed by atoms with E-state index in [0.29, 0.717) is 29.1 Å². The number of hydrogen-bond donors (Lipinski definition) is 1. The molecule has 2 aliphatic rings. The molecule has 0 fully saturated rings. The molecule has 0 amide bonds. The molecule has 2 aromatic rings. The van der Waals surface area contributed by atoms with Crippen LogP contribution < -0.4 is 5.32 Å². The van der Waals surface area contributed by atoms with E-state index in [9.17, 15) is 9.59 Å². The normalized spacial score (nSPS) is 14.4. The highest BCUT2D eigenvalue weighted by Crippen LogP contribution is 2.44. The van der Waals surface area contributed by atoms with Crippen molar-refractivity contribution >= 4 is 17.6 Å². The van der Waals surface area contributed by atoms with Crippen LogP contribution in [0.15, 0.2) is 24.3 Å². The number of carbonyl (C=O) groups is 2. The summed E-state index contributed by atoms with van der Waals surface area (Å²) in [5.41, 5.74) is 3.27. The molecule has 0 saturated heterocycles. The molecule has 0 atom stereocenters. The van der Waals surface area contributed by atoms with E-state index in [0.717, 1.165) is 24.3 Å². The Morgan fingerprint density at radius 3 is 2.86 bits per heavy atom. The van der Waals surface area contributed by atoms with Crippen LogP contribution in [-0.2, 0) is 11.3 Å². The van der Waals surface area contributed by atoms with Gasteiger partial charge in [0.05, 0.1) is 17.9 Å².